The monoisotopic (exact) mass is 411 g/mol. The Bertz CT molecular complexity index is 941. The van der Waals surface area contributed by atoms with Crippen LogP contribution in [0.5, 0.6) is 0 Å². The van der Waals surface area contributed by atoms with Gasteiger partial charge in [-0.15, -0.1) is 0 Å². The first-order chi connectivity index (χ1) is 14.4. The fraction of sp³-hybridized carbons (Fsp3) is 0.619. The van der Waals surface area contributed by atoms with Crippen molar-refractivity contribution in [3.05, 3.63) is 29.8 Å². The molecule has 2 aromatic rings. The summed E-state index contributed by atoms with van der Waals surface area (Å²) in [4.78, 5) is 25.6. The van der Waals surface area contributed by atoms with E-state index in [-0.39, 0.29) is 17.5 Å². The Morgan fingerprint density at radius 1 is 1.07 bits per heavy atom. The van der Waals surface area contributed by atoms with Crippen molar-refractivity contribution in [2.24, 2.45) is 31.8 Å². The minimum atomic E-state index is -0.288. The number of carbonyl (C=O) groups excluding carboxylic acids is 2. The van der Waals surface area contributed by atoms with Crippen molar-refractivity contribution in [1.82, 2.24) is 30.2 Å². The van der Waals surface area contributed by atoms with E-state index >= 15 is 0 Å². The number of aryl methyl sites for hydroxylation is 2. The highest BCUT2D eigenvalue weighted by molar-refractivity contribution is 6.02. The molecule has 0 atom stereocenters. The second-order valence-corrected chi connectivity index (χ2v) is 9.51. The van der Waals surface area contributed by atoms with Gasteiger partial charge in [0, 0.05) is 37.9 Å². The summed E-state index contributed by atoms with van der Waals surface area (Å²) < 4.78 is 3.17. The van der Waals surface area contributed by atoms with E-state index in [9.17, 15) is 9.59 Å². The molecule has 0 aliphatic heterocycles. The highest BCUT2D eigenvalue weighted by Gasteiger charge is 2.51. The van der Waals surface area contributed by atoms with Crippen LogP contribution in [-0.2, 0) is 20.6 Å². The van der Waals surface area contributed by atoms with Crippen LogP contribution < -0.4 is 16.0 Å². The van der Waals surface area contributed by atoms with Gasteiger partial charge in [-0.2, -0.15) is 10.2 Å². The van der Waals surface area contributed by atoms with Gasteiger partial charge < -0.3 is 16.0 Å². The van der Waals surface area contributed by atoms with E-state index in [0.717, 1.165) is 42.6 Å². The van der Waals surface area contributed by atoms with Gasteiger partial charge in [-0.1, -0.05) is 0 Å². The van der Waals surface area contributed by atoms with Gasteiger partial charge in [0.05, 0.1) is 18.1 Å². The lowest BCUT2D eigenvalue weighted by atomic mass is 9.53. The van der Waals surface area contributed by atoms with E-state index in [2.05, 4.69) is 26.1 Å². The number of urea groups is 1. The zero-order valence-corrected chi connectivity index (χ0v) is 17.5. The van der Waals surface area contributed by atoms with Gasteiger partial charge in [0.1, 0.15) is 5.69 Å². The quantitative estimate of drug-likeness (QED) is 0.701. The Morgan fingerprint density at radius 2 is 1.73 bits per heavy atom. The Balaban J connectivity index is 1.24. The number of rotatable bonds is 5. The van der Waals surface area contributed by atoms with Crippen LogP contribution in [0.2, 0.25) is 0 Å². The Kier molecular flexibility index (Phi) is 4.56. The Hall–Kier alpha value is -2.84. The fourth-order valence-electron chi connectivity index (χ4n) is 6.29. The number of anilines is 1. The number of carbonyl (C=O) groups is 2. The summed E-state index contributed by atoms with van der Waals surface area (Å²) in [7, 11) is 3.53. The normalized spacial score (nSPS) is 29.1. The lowest BCUT2D eigenvalue weighted by molar-refractivity contribution is -0.0127. The molecule has 160 valence electrons. The zero-order valence-electron chi connectivity index (χ0n) is 17.5. The maximum atomic E-state index is 12.9. The van der Waals surface area contributed by atoms with E-state index in [0.29, 0.717) is 17.9 Å². The molecule has 30 heavy (non-hydrogen) atoms. The third-order valence-corrected chi connectivity index (χ3v) is 7.03. The lowest BCUT2D eigenvalue weighted by Gasteiger charge is -2.56. The molecule has 0 unspecified atom stereocenters. The molecule has 4 saturated carbocycles. The SMILES string of the molecule is Cn1cc(CNC(=O)c2c(NC(=O)NC34CC5CC(CC(C5)C3)C4)cnn2C)cn1. The molecule has 4 aliphatic rings. The zero-order chi connectivity index (χ0) is 20.9. The number of hydrogen-bond acceptors (Lipinski definition) is 4. The van der Waals surface area contributed by atoms with Crippen LogP contribution >= 0.6 is 0 Å². The van der Waals surface area contributed by atoms with Gasteiger partial charge in [0.15, 0.2) is 0 Å². The van der Waals surface area contributed by atoms with Crippen molar-refractivity contribution in [3.63, 3.8) is 0 Å². The van der Waals surface area contributed by atoms with Crippen molar-refractivity contribution in [2.45, 2.75) is 50.6 Å². The summed E-state index contributed by atoms with van der Waals surface area (Å²) in [5.74, 6) is 1.97. The van der Waals surface area contributed by atoms with Crippen LogP contribution in [0.3, 0.4) is 0 Å². The van der Waals surface area contributed by atoms with Gasteiger partial charge in [-0.05, 0) is 56.3 Å². The predicted octanol–water partition coefficient (Wildman–Crippen LogP) is 2.17. The number of hydrogen-bond donors (Lipinski definition) is 3. The van der Waals surface area contributed by atoms with Crippen molar-refractivity contribution >= 4 is 17.6 Å². The topological polar surface area (TPSA) is 106 Å². The fourth-order valence-corrected chi connectivity index (χ4v) is 6.29. The molecule has 3 amide bonds. The first kappa shape index (κ1) is 19.1. The molecule has 3 N–H and O–H groups in total. The third kappa shape index (κ3) is 3.57. The molecule has 2 heterocycles. The summed E-state index contributed by atoms with van der Waals surface area (Å²) in [6.07, 6.45) is 12.3. The Morgan fingerprint density at radius 3 is 2.33 bits per heavy atom. The molecule has 0 radical (unpaired) electrons. The van der Waals surface area contributed by atoms with E-state index in [1.165, 1.54) is 30.1 Å². The van der Waals surface area contributed by atoms with Crippen LogP contribution in [0, 0.1) is 17.8 Å². The second kappa shape index (κ2) is 7.14. The molecule has 4 fully saturated rings. The van der Waals surface area contributed by atoms with Crippen LogP contribution in [0.4, 0.5) is 10.5 Å². The van der Waals surface area contributed by atoms with Gasteiger partial charge in [0.2, 0.25) is 0 Å². The van der Waals surface area contributed by atoms with Gasteiger partial charge in [0.25, 0.3) is 5.91 Å². The number of amides is 3. The summed E-state index contributed by atoms with van der Waals surface area (Å²) in [5.41, 5.74) is 1.58. The maximum absolute atomic E-state index is 12.9. The van der Waals surface area contributed by atoms with E-state index in [1.807, 2.05) is 13.2 Å². The van der Waals surface area contributed by atoms with Crippen molar-refractivity contribution < 1.29 is 9.59 Å². The Labute approximate surface area is 175 Å². The molecule has 4 bridgehead atoms. The number of nitrogens with one attached hydrogen (secondary N) is 3. The summed E-state index contributed by atoms with van der Waals surface area (Å²) in [6.45, 7) is 0.358. The minimum absolute atomic E-state index is 0.0796. The van der Waals surface area contributed by atoms with E-state index in [1.54, 1.807) is 17.9 Å². The molecule has 9 heteroatoms. The summed E-state index contributed by atoms with van der Waals surface area (Å²) in [5, 5.41) is 17.3. The molecule has 6 rings (SSSR count). The standard InChI is InChI=1S/C21H29N7O2/c1-27-12-16(10-23-27)9-22-19(29)18-17(11-24-28(18)2)25-20(30)26-21-6-13-3-14(7-21)5-15(4-13)8-21/h10-15H,3-9H2,1-2H3,(H,22,29)(H2,25,26,30). The van der Waals surface area contributed by atoms with Crippen LogP contribution in [0.1, 0.15) is 54.6 Å². The highest BCUT2D eigenvalue weighted by atomic mass is 16.2. The van der Waals surface area contributed by atoms with Crippen LogP contribution in [0.15, 0.2) is 18.6 Å². The minimum Gasteiger partial charge on any atom is -0.346 e. The summed E-state index contributed by atoms with van der Waals surface area (Å²) >= 11 is 0. The van der Waals surface area contributed by atoms with Crippen molar-refractivity contribution in [1.29, 1.82) is 0 Å². The van der Waals surface area contributed by atoms with Crippen molar-refractivity contribution in [2.75, 3.05) is 5.32 Å². The molecule has 0 saturated heterocycles. The molecular formula is C21H29N7O2. The second-order valence-electron chi connectivity index (χ2n) is 9.51. The van der Waals surface area contributed by atoms with E-state index < -0.39 is 0 Å². The van der Waals surface area contributed by atoms with Crippen molar-refractivity contribution in [3.8, 4) is 0 Å². The maximum Gasteiger partial charge on any atom is 0.319 e. The molecule has 9 nitrogen and oxygen atoms in total. The van der Waals surface area contributed by atoms with E-state index in [4.69, 9.17) is 0 Å². The number of aromatic nitrogens is 4. The molecular weight excluding hydrogens is 382 g/mol. The predicted molar refractivity (Wildman–Crippen MR) is 111 cm³/mol. The molecule has 0 aromatic carbocycles. The first-order valence-electron chi connectivity index (χ1n) is 10.8. The molecule has 0 spiro atoms. The number of nitrogens with zero attached hydrogens (tertiary/aromatic N) is 4. The lowest BCUT2D eigenvalue weighted by Crippen LogP contribution is -2.60. The smallest absolute Gasteiger partial charge is 0.319 e. The summed E-state index contributed by atoms with van der Waals surface area (Å²) in [6, 6.07) is -0.244. The van der Waals surface area contributed by atoms with Gasteiger partial charge in [-0.3, -0.25) is 14.2 Å². The first-order valence-corrected chi connectivity index (χ1v) is 10.8. The third-order valence-electron chi connectivity index (χ3n) is 7.03. The average molecular weight is 412 g/mol. The average Bonchev–Trinajstić information content (AvgIpc) is 3.23. The largest absolute Gasteiger partial charge is 0.346 e. The van der Waals surface area contributed by atoms with Crippen LogP contribution in [-0.4, -0.2) is 37.0 Å². The molecule has 2 aromatic heterocycles. The van der Waals surface area contributed by atoms with Crippen LogP contribution in [0.25, 0.3) is 0 Å². The highest BCUT2D eigenvalue weighted by Crippen LogP contribution is 2.55. The molecule has 4 aliphatic carbocycles. The van der Waals surface area contributed by atoms with Gasteiger partial charge in [-0.25, -0.2) is 4.79 Å². The van der Waals surface area contributed by atoms with Gasteiger partial charge >= 0.3 is 6.03 Å².